The maximum absolute atomic E-state index is 11.7. The maximum Gasteiger partial charge on any atom is 0.240 e. The summed E-state index contributed by atoms with van der Waals surface area (Å²) in [5, 5.41) is 2.85. The minimum atomic E-state index is -0.612. The number of carbonyl (C=O) groups is 1. The molecule has 0 spiro atoms. The zero-order valence-electron chi connectivity index (χ0n) is 9.13. The van der Waals surface area contributed by atoms with Crippen LogP contribution < -0.4 is 11.1 Å². The molecule has 0 aliphatic heterocycles. The van der Waals surface area contributed by atoms with E-state index < -0.39 is 5.54 Å². The molecule has 0 heterocycles. The fourth-order valence-electron chi connectivity index (χ4n) is 1.85. The molecule has 0 radical (unpaired) electrons. The number of ether oxygens (including phenoxy) is 1. The first-order valence-corrected chi connectivity index (χ1v) is 5.49. The average Bonchev–Trinajstić information content (AvgIpc) is 2.66. The molecule has 4 heteroatoms. The SMILES string of the molecule is C=COCCCNC(=O)C1(N)CCCC1. The van der Waals surface area contributed by atoms with Gasteiger partial charge in [-0.1, -0.05) is 19.4 Å². The maximum atomic E-state index is 11.7. The van der Waals surface area contributed by atoms with E-state index in [0.717, 1.165) is 32.1 Å². The second-order valence-corrected chi connectivity index (χ2v) is 4.01. The largest absolute Gasteiger partial charge is 0.502 e. The van der Waals surface area contributed by atoms with Crippen molar-refractivity contribution < 1.29 is 9.53 Å². The van der Waals surface area contributed by atoms with E-state index in [1.165, 1.54) is 6.26 Å². The summed E-state index contributed by atoms with van der Waals surface area (Å²) >= 11 is 0. The minimum Gasteiger partial charge on any atom is -0.502 e. The first-order chi connectivity index (χ1) is 7.19. The van der Waals surface area contributed by atoms with Crippen molar-refractivity contribution >= 4 is 5.91 Å². The fraction of sp³-hybridized carbons (Fsp3) is 0.727. The number of carbonyl (C=O) groups excluding carboxylic acids is 1. The second-order valence-electron chi connectivity index (χ2n) is 4.01. The Morgan fingerprint density at radius 2 is 2.20 bits per heavy atom. The number of amides is 1. The van der Waals surface area contributed by atoms with Crippen molar-refractivity contribution in [3.8, 4) is 0 Å². The minimum absolute atomic E-state index is 0.0152. The number of nitrogens with two attached hydrogens (primary N) is 1. The van der Waals surface area contributed by atoms with Gasteiger partial charge in [0.1, 0.15) is 0 Å². The topological polar surface area (TPSA) is 64.3 Å². The molecule has 1 saturated carbocycles. The molecule has 0 unspecified atom stereocenters. The third-order valence-corrected chi connectivity index (χ3v) is 2.79. The van der Waals surface area contributed by atoms with Gasteiger partial charge in [0.2, 0.25) is 5.91 Å². The molecule has 1 aliphatic rings. The second kappa shape index (κ2) is 5.75. The molecule has 1 rings (SSSR count). The van der Waals surface area contributed by atoms with Crippen molar-refractivity contribution in [2.75, 3.05) is 13.2 Å². The highest BCUT2D eigenvalue weighted by Gasteiger charge is 2.36. The Kier molecular flexibility index (Phi) is 4.62. The summed E-state index contributed by atoms with van der Waals surface area (Å²) in [6, 6.07) is 0. The highest BCUT2D eigenvalue weighted by molar-refractivity contribution is 5.86. The van der Waals surface area contributed by atoms with E-state index >= 15 is 0 Å². The molecule has 1 amide bonds. The van der Waals surface area contributed by atoms with Gasteiger partial charge < -0.3 is 15.8 Å². The van der Waals surface area contributed by atoms with E-state index in [2.05, 4.69) is 11.9 Å². The van der Waals surface area contributed by atoms with Crippen LogP contribution >= 0.6 is 0 Å². The lowest BCUT2D eigenvalue weighted by molar-refractivity contribution is -0.126. The van der Waals surface area contributed by atoms with Crippen molar-refractivity contribution in [2.24, 2.45) is 5.73 Å². The predicted octanol–water partition coefficient (Wildman–Crippen LogP) is 0.924. The van der Waals surface area contributed by atoms with Crippen LogP contribution in [0.1, 0.15) is 32.1 Å². The van der Waals surface area contributed by atoms with Gasteiger partial charge in [-0.15, -0.1) is 0 Å². The molecule has 0 aromatic rings. The summed E-state index contributed by atoms with van der Waals surface area (Å²) in [6.45, 7) is 4.64. The quantitative estimate of drug-likeness (QED) is 0.508. The third kappa shape index (κ3) is 3.55. The smallest absolute Gasteiger partial charge is 0.240 e. The Morgan fingerprint density at radius 3 is 2.80 bits per heavy atom. The number of hydrogen-bond acceptors (Lipinski definition) is 3. The van der Waals surface area contributed by atoms with Gasteiger partial charge >= 0.3 is 0 Å². The highest BCUT2D eigenvalue weighted by atomic mass is 16.5. The molecular formula is C11H20N2O2. The standard InChI is InChI=1S/C11H20N2O2/c1-2-15-9-5-8-13-10(14)11(12)6-3-4-7-11/h2H,1,3-9,12H2,(H,13,14). The van der Waals surface area contributed by atoms with E-state index in [0.29, 0.717) is 13.2 Å². The van der Waals surface area contributed by atoms with Crippen molar-refractivity contribution in [3.05, 3.63) is 12.8 Å². The summed E-state index contributed by atoms with van der Waals surface area (Å²) in [5.74, 6) is -0.0152. The molecule has 0 aromatic carbocycles. The molecule has 0 atom stereocenters. The van der Waals surface area contributed by atoms with Crippen LogP contribution in [0.3, 0.4) is 0 Å². The zero-order chi connectivity index (χ0) is 11.1. The first-order valence-electron chi connectivity index (χ1n) is 5.49. The average molecular weight is 212 g/mol. The Bertz CT molecular complexity index is 223. The van der Waals surface area contributed by atoms with Gasteiger partial charge in [0.15, 0.2) is 0 Å². The first kappa shape index (κ1) is 12.0. The monoisotopic (exact) mass is 212 g/mol. The molecule has 15 heavy (non-hydrogen) atoms. The molecule has 1 aliphatic carbocycles. The molecule has 3 N–H and O–H groups in total. The molecule has 86 valence electrons. The van der Waals surface area contributed by atoms with E-state index in [9.17, 15) is 4.79 Å². The van der Waals surface area contributed by atoms with Crippen LogP contribution in [0, 0.1) is 0 Å². The van der Waals surface area contributed by atoms with Crippen LogP contribution in [0.25, 0.3) is 0 Å². The number of hydrogen-bond donors (Lipinski definition) is 2. The van der Waals surface area contributed by atoms with Gasteiger partial charge in [0.25, 0.3) is 0 Å². The number of rotatable bonds is 6. The van der Waals surface area contributed by atoms with Gasteiger partial charge in [-0.3, -0.25) is 4.79 Å². The Hall–Kier alpha value is -1.03. The van der Waals surface area contributed by atoms with Gasteiger partial charge in [-0.2, -0.15) is 0 Å². The molecule has 0 saturated heterocycles. The summed E-state index contributed by atoms with van der Waals surface area (Å²) in [4.78, 5) is 11.7. The third-order valence-electron chi connectivity index (χ3n) is 2.79. The van der Waals surface area contributed by atoms with E-state index in [1.807, 2.05) is 0 Å². The van der Waals surface area contributed by atoms with Gasteiger partial charge in [-0.25, -0.2) is 0 Å². The van der Waals surface area contributed by atoms with Crippen LogP contribution in [0.4, 0.5) is 0 Å². The Balaban J connectivity index is 2.15. The predicted molar refractivity (Wildman–Crippen MR) is 59.2 cm³/mol. The summed E-state index contributed by atoms with van der Waals surface area (Å²) in [6.07, 6.45) is 5.92. The molecule has 0 aromatic heterocycles. The van der Waals surface area contributed by atoms with Crippen molar-refractivity contribution in [2.45, 2.75) is 37.6 Å². The summed E-state index contributed by atoms with van der Waals surface area (Å²) in [7, 11) is 0. The van der Waals surface area contributed by atoms with Gasteiger partial charge in [-0.05, 0) is 19.3 Å². The lowest BCUT2D eigenvalue weighted by Crippen LogP contribution is -2.52. The van der Waals surface area contributed by atoms with Gasteiger partial charge in [0, 0.05) is 6.54 Å². The normalized spacial score (nSPS) is 18.5. The Morgan fingerprint density at radius 1 is 1.53 bits per heavy atom. The number of nitrogens with one attached hydrogen (secondary N) is 1. The molecule has 4 nitrogen and oxygen atoms in total. The van der Waals surface area contributed by atoms with Crippen LogP contribution in [-0.2, 0) is 9.53 Å². The van der Waals surface area contributed by atoms with Crippen molar-refractivity contribution in [1.29, 1.82) is 0 Å². The fourth-order valence-corrected chi connectivity index (χ4v) is 1.85. The van der Waals surface area contributed by atoms with Gasteiger partial charge in [0.05, 0.1) is 18.4 Å². The van der Waals surface area contributed by atoms with Crippen molar-refractivity contribution in [3.63, 3.8) is 0 Å². The van der Waals surface area contributed by atoms with E-state index in [4.69, 9.17) is 10.5 Å². The summed E-state index contributed by atoms with van der Waals surface area (Å²) in [5.41, 5.74) is 5.37. The lowest BCUT2D eigenvalue weighted by atomic mass is 9.98. The summed E-state index contributed by atoms with van der Waals surface area (Å²) < 4.78 is 4.95. The molecule has 0 bridgehead atoms. The molecule has 1 fully saturated rings. The zero-order valence-corrected chi connectivity index (χ0v) is 9.13. The van der Waals surface area contributed by atoms with Crippen LogP contribution in [0.2, 0.25) is 0 Å². The lowest BCUT2D eigenvalue weighted by Gasteiger charge is -2.22. The van der Waals surface area contributed by atoms with Crippen LogP contribution in [0.15, 0.2) is 12.8 Å². The molecular weight excluding hydrogens is 192 g/mol. The highest BCUT2D eigenvalue weighted by Crippen LogP contribution is 2.26. The van der Waals surface area contributed by atoms with E-state index in [-0.39, 0.29) is 5.91 Å². The van der Waals surface area contributed by atoms with Crippen molar-refractivity contribution in [1.82, 2.24) is 5.32 Å². The Labute approximate surface area is 90.9 Å². The van der Waals surface area contributed by atoms with E-state index in [1.54, 1.807) is 0 Å². The van der Waals surface area contributed by atoms with Crippen LogP contribution in [-0.4, -0.2) is 24.6 Å². The van der Waals surface area contributed by atoms with Crippen LogP contribution in [0.5, 0.6) is 0 Å².